The van der Waals surface area contributed by atoms with Crippen LogP contribution in [0, 0.1) is 36.0 Å². The SMILES string of the molecule is C#CC1=C(/C=C\C)CC(/C=C\C(=C)P)=CC(C)[C@@H]1C[C@H](C)CN1CCC(O)C(CC=C)C1. The van der Waals surface area contributed by atoms with Crippen molar-refractivity contribution in [3.8, 4) is 12.3 Å². The Bertz CT molecular complexity index is 825. The van der Waals surface area contributed by atoms with Gasteiger partial charge in [0.15, 0.2) is 0 Å². The first-order valence-corrected chi connectivity index (χ1v) is 12.5. The van der Waals surface area contributed by atoms with Crippen LogP contribution in [0.2, 0.25) is 0 Å². The number of hydrogen-bond acceptors (Lipinski definition) is 2. The van der Waals surface area contributed by atoms with Crippen LogP contribution in [0.5, 0.6) is 0 Å². The van der Waals surface area contributed by atoms with E-state index in [9.17, 15) is 5.11 Å². The van der Waals surface area contributed by atoms with Crippen LogP contribution in [-0.4, -0.2) is 35.7 Å². The number of hydrogen-bond donors (Lipinski definition) is 1. The van der Waals surface area contributed by atoms with Gasteiger partial charge in [0.05, 0.1) is 6.10 Å². The van der Waals surface area contributed by atoms with Gasteiger partial charge in [-0.3, -0.25) is 0 Å². The normalized spacial score (nSPS) is 28.4. The van der Waals surface area contributed by atoms with E-state index in [2.05, 4.69) is 84.4 Å². The molecule has 0 aromatic carbocycles. The smallest absolute Gasteiger partial charge is 0.0595 e. The summed E-state index contributed by atoms with van der Waals surface area (Å²) in [6, 6.07) is 0. The number of aliphatic hydroxyl groups excluding tert-OH is 1. The minimum Gasteiger partial charge on any atom is -0.393 e. The van der Waals surface area contributed by atoms with Gasteiger partial charge in [-0.15, -0.1) is 22.2 Å². The number of nitrogens with zero attached hydrogens (tertiary/aromatic N) is 1. The summed E-state index contributed by atoms with van der Waals surface area (Å²) in [5.74, 6) is 4.61. The molecule has 6 atom stereocenters. The highest BCUT2D eigenvalue weighted by Gasteiger charge is 2.30. The van der Waals surface area contributed by atoms with Crippen LogP contribution in [0.4, 0.5) is 0 Å². The third kappa shape index (κ3) is 7.74. The molecule has 174 valence electrons. The molecule has 1 aliphatic heterocycles. The summed E-state index contributed by atoms with van der Waals surface area (Å²) in [5.41, 5.74) is 3.72. The van der Waals surface area contributed by atoms with Crippen molar-refractivity contribution in [1.29, 1.82) is 0 Å². The first-order valence-electron chi connectivity index (χ1n) is 12.0. The lowest BCUT2D eigenvalue weighted by atomic mass is 9.79. The third-order valence-electron chi connectivity index (χ3n) is 6.73. The average Bonchev–Trinajstić information content (AvgIpc) is 2.85. The zero-order valence-electron chi connectivity index (χ0n) is 20.3. The molecule has 32 heavy (non-hydrogen) atoms. The lowest BCUT2D eigenvalue weighted by Gasteiger charge is -2.37. The fourth-order valence-corrected chi connectivity index (χ4v) is 5.29. The first kappa shape index (κ1) is 26.6. The van der Waals surface area contributed by atoms with Crippen LogP contribution in [-0.2, 0) is 0 Å². The van der Waals surface area contributed by atoms with E-state index < -0.39 is 0 Å². The summed E-state index contributed by atoms with van der Waals surface area (Å²) in [5, 5.41) is 11.3. The van der Waals surface area contributed by atoms with E-state index in [0.29, 0.717) is 23.7 Å². The Morgan fingerprint density at radius 1 is 1.44 bits per heavy atom. The Labute approximate surface area is 199 Å². The van der Waals surface area contributed by atoms with Crippen molar-refractivity contribution in [1.82, 2.24) is 4.90 Å². The van der Waals surface area contributed by atoms with E-state index >= 15 is 0 Å². The average molecular weight is 452 g/mol. The van der Waals surface area contributed by atoms with E-state index in [-0.39, 0.29) is 6.10 Å². The van der Waals surface area contributed by atoms with Crippen molar-refractivity contribution in [2.45, 2.75) is 52.6 Å². The molecule has 2 rings (SSSR count). The van der Waals surface area contributed by atoms with Crippen molar-refractivity contribution in [3.05, 3.63) is 71.6 Å². The summed E-state index contributed by atoms with van der Waals surface area (Å²) in [7, 11) is 2.65. The zero-order valence-corrected chi connectivity index (χ0v) is 21.4. The zero-order chi connectivity index (χ0) is 23.7. The predicted octanol–water partition coefficient (Wildman–Crippen LogP) is 6.30. The summed E-state index contributed by atoms with van der Waals surface area (Å²) in [4.78, 5) is 2.52. The number of aliphatic hydroxyl groups is 1. The number of allylic oxidation sites excluding steroid dienone is 10. The van der Waals surface area contributed by atoms with Gasteiger partial charge in [0, 0.05) is 31.1 Å². The maximum Gasteiger partial charge on any atom is 0.0595 e. The second-order valence-corrected chi connectivity index (χ2v) is 10.4. The topological polar surface area (TPSA) is 23.5 Å². The lowest BCUT2D eigenvalue weighted by Crippen LogP contribution is -2.44. The van der Waals surface area contributed by atoms with Gasteiger partial charge in [-0.1, -0.05) is 62.8 Å². The second-order valence-electron chi connectivity index (χ2n) is 9.62. The third-order valence-corrected chi connectivity index (χ3v) is 6.92. The molecule has 1 N–H and O–H groups in total. The lowest BCUT2D eigenvalue weighted by molar-refractivity contribution is 0.0221. The quantitative estimate of drug-likeness (QED) is 0.192. The molecule has 3 heteroatoms. The molecular weight excluding hydrogens is 409 g/mol. The van der Waals surface area contributed by atoms with Crippen molar-refractivity contribution >= 4 is 9.24 Å². The summed E-state index contributed by atoms with van der Waals surface area (Å²) < 4.78 is 0. The molecule has 2 nitrogen and oxygen atoms in total. The van der Waals surface area contributed by atoms with E-state index in [0.717, 1.165) is 56.2 Å². The molecule has 0 radical (unpaired) electrons. The summed E-state index contributed by atoms with van der Waals surface area (Å²) in [6.45, 7) is 17.5. The molecule has 0 aromatic rings. The van der Waals surface area contributed by atoms with E-state index in [1.54, 1.807) is 0 Å². The summed E-state index contributed by atoms with van der Waals surface area (Å²) in [6.07, 6.45) is 22.4. The van der Waals surface area contributed by atoms with Crippen molar-refractivity contribution in [3.63, 3.8) is 0 Å². The van der Waals surface area contributed by atoms with Crippen LogP contribution in [0.25, 0.3) is 0 Å². The van der Waals surface area contributed by atoms with Gasteiger partial charge in [-0.2, -0.15) is 0 Å². The first-order chi connectivity index (χ1) is 15.3. The molecule has 4 unspecified atom stereocenters. The van der Waals surface area contributed by atoms with Crippen LogP contribution in [0.1, 0.15) is 46.5 Å². The van der Waals surface area contributed by atoms with Gasteiger partial charge in [-0.05, 0) is 66.8 Å². The van der Waals surface area contributed by atoms with Crippen molar-refractivity contribution in [2.24, 2.45) is 23.7 Å². The highest BCUT2D eigenvalue weighted by atomic mass is 31.0. The molecule has 0 saturated carbocycles. The molecule has 2 aliphatic rings. The molecular formula is C29H42NOP. The van der Waals surface area contributed by atoms with Crippen molar-refractivity contribution in [2.75, 3.05) is 19.6 Å². The van der Waals surface area contributed by atoms with Gasteiger partial charge in [0.2, 0.25) is 0 Å². The predicted molar refractivity (Wildman–Crippen MR) is 143 cm³/mol. The van der Waals surface area contributed by atoms with Gasteiger partial charge in [-0.25, -0.2) is 0 Å². The van der Waals surface area contributed by atoms with Crippen LogP contribution in [0.15, 0.2) is 71.6 Å². The molecule has 0 aromatic heterocycles. The fourth-order valence-electron chi connectivity index (χ4n) is 5.20. The molecule has 0 spiro atoms. The van der Waals surface area contributed by atoms with Crippen LogP contribution < -0.4 is 0 Å². The minimum atomic E-state index is -0.199. The minimum absolute atomic E-state index is 0.199. The maximum absolute atomic E-state index is 10.3. The number of likely N-dealkylation sites (tertiary alicyclic amines) is 1. The van der Waals surface area contributed by atoms with Gasteiger partial charge >= 0.3 is 0 Å². The highest BCUT2D eigenvalue weighted by Crippen LogP contribution is 2.37. The molecule has 1 fully saturated rings. The van der Waals surface area contributed by atoms with Gasteiger partial charge in [0.1, 0.15) is 0 Å². The molecule has 0 amide bonds. The standard InChI is InChI=1S/C29H42NOP/c1-7-10-25-18-24(13-12-23(6)32)17-22(5)28(27(25)9-3)16-21(4)19-30-15-14-29(31)26(20-30)11-8-2/h3,7-8,10,12-13,17,21-22,26,28-29,31H,2,6,11,14-16,18-20,32H2,1,4-5H3/b10-7-,13-12-/t21-,22?,26?,28-,29?/m0/s1. The van der Waals surface area contributed by atoms with E-state index in [1.807, 2.05) is 6.08 Å². The highest BCUT2D eigenvalue weighted by molar-refractivity contribution is 7.22. The number of terminal acetylenes is 1. The Kier molecular flexibility index (Phi) is 10.9. The Hall–Kier alpha value is -1.65. The summed E-state index contributed by atoms with van der Waals surface area (Å²) >= 11 is 0. The second kappa shape index (κ2) is 13.2. The number of piperidine rings is 1. The molecule has 1 aliphatic carbocycles. The van der Waals surface area contributed by atoms with E-state index in [4.69, 9.17) is 6.42 Å². The van der Waals surface area contributed by atoms with E-state index in [1.165, 1.54) is 11.1 Å². The molecule has 1 saturated heterocycles. The van der Waals surface area contributed by atoms with Gasteiger partial charge in [0.25, 0.3) is 0 Å². The van der Waals surface area contributed by atoms with Gasteiger partial charge < -0.3 is 10.0 Å². The number of rotatable bonds is 9. The Morgan fingerprint density at radius 2 is 2.19 bits per heavy atom. The Morgan fingerprint density at radius 3 is 2.81 bits per heavy atom. The molecule has 0 bridgehead atoms. The van der Waals surface area contributed by atoms with Crippen LogP contribution in [0.3, 0.4) is 0 Å². The van der Waals surface area contributed by atoms with Crippen molar-refractivity contribution < 1.29 is 5.11 Å². The van der Waals surface area contributed by atoms with Crippen LogP contribution >= 0.6 is 9.24 Å². The largest absolute Gasteiger partial charge is 0.393 e. The Balaban J connectivity index is 2.19. The maximum atomic E-state index is 10.3. The monoisotopic (exact) mass is 451 g/mol. The molecule has 1 heterocycles. The fraction of sp³-hybridized carbons (Fsp3) is 0.517.